The summed E-state index contributed by atoms with van der Waals surface area (Å²) in [5, 5.41) is 2.07. The molecule has 0 amide bonds. The van der Waals surface area contributed by atoms with Crippen molar-refractivity contribution in [2.75, 3.05) is 13.2 Å². The van der Waals surface area contributed by atoms with Gasteiger partial charge in [-0.2, -0.15) is 0 Å². The smallest absolute Gasteiger partial charge is 0.150 e. The van der Waals surface area contributed by atoms with E-state index >= 15 is 0 Å². The summed E-state index contributed by atoms with van der Waals surface area (Å²) >= 11 is 1.71. The minimum atomic E-state index is 0.592. The lowest BCUT2D eigenvalue weighted by atomic mass is 10.2. The minimum absolute atomic E-state index is 0.592. The molecular formula is C13H18N2OS. The number of rotatable bonds is 6. The van der Waals surface area contributed by atoms with Crippen LogP contribution in [0.5, 0.6) is 0 Å². The summed E-state index contributed by atoms with van der Waals surface area (Å²) in [7, 11) is 0. The molecule has 0 spiro atoms. The van der Waals surface area contributed by atoms with Crippen LogP contribution >= 0.6 is 11.3 Å². The Hall–Kier alpha value is -1.13. The van der Waals surface area contributed by atoms with E-state index in [4.69, 9.17) is 4.74 Å². The Morgan fingerprint density at radius 3 is 3.06 bits per heavy atom. The molecule has 0 unspecified atom stereocenters. The second kappa shape index (κ2) is 5.98. The van der Waals surface area contributed by atoms with Gasteiger partial charge in [0.2, 0.25) is 0 Å². The lowest BCUT2D eigenvalue weighted by Gasteiger charge is -2.09. The minimum Gasteiger partial charge on any atom is -0.379 e. The van der Waals surface area contributed by atoms with Gasteiger partial charge in [-0.15, -0.1) is 11.3 Å². The van der Waals surface area contributed by atoms with Gasteiger partial charge in [0.05, 0.1) is 11.5 Å². The van der Waals surface area contributed by atoms with E-state index in [1.807, 2.05) is 18.5 Å². The van der Waals surface area contributed by atoms with Crippen molar-refractivity contribution in [1.29, 1.82) is 0 Å². The third-order valence-electron chi connectivity index (χ3n) is 2.38. The molecule has 0 saturated carbocycles. The zero-order valence-corrected chi connectivity index (χ0v) is 11.1. The van der Waals surface area contributed by atoms with Crippen molar-refractivity contribution in [3.63, 3.8) is 0 Å². The van der Waals surface area contributed by atoms with Crippen LogP contribution in [0.15, 0.2) is 29.9 Å². The van der Waals surface area contributed by atoms with E-state index in [0.717, 1.165) is 25.6 Å². The van der Waals surface area contributed by atoms with Crippen molar-refractivity contribution in [2.24, 2.45) is 5.92 Å². The van der Waals surface area contributed by atoms with Gasteiger partial charge < -0.3 is 9.30 Å². The predicted molar refractivity (Wildman–Crippen MR) is 71.2 cm³/mol. The molecule has 2 aromatic heterocycles. The van der Waals surface area contributed by atoms with Crippen LogP contribution in [0.4, 0.5) is 0 Å². The van der Waals surface area contributed by atoms with Crippen molar-refractivity contribution in [1.82, 2.24) is 9.55 Å². The molecular weight excluding hydrogens is 232 g/mol. The SMILES string of the molecule is CC(C)COCCn1ccnc1-c1cccs1. The lowest BCUT2D eigenvalue weighted by Crippen LogP contribution is -2.09. The first-order valence-corrected chi connectivity index (χ1v) is 6.78. The van der Waals surface area contributed by atoms with Gasteiger partial charge in [0, 0.05) is 25.5 Å². The van der Waals surface area contributed by atoms with Gasteiger partial charge >= 0.3 is 0 Å². The van der Waals surface area contributed by atoms with Crippen LogP contribution < -0.4 is 0 Å². The van der Waals surface area contributed by atoms with Crippen LogP contribution in [0.2, 0.25) is 0 Å². The maximum absolute atomic E-state index is 5.60. The first-order chi connectivity index (χ1) is 8.27. The van der Waals surface area contributed by atoms with Crippen molar-refractivity contribution >= 4 is 11.3 Å². The number of imidazole rings is 1. The third-order valence-corrected chi connectivity index (χ3v) is 3.25. The third kappa shape index (κ3) is 3.41. The zero-order valence-electron chi connectivity index (χ0n) is 10.3. The molecule has 4 heteroatoms. The van der Waals surface area contributed by atoms with Gasteiger partial charge in [-0.3, -0.25) is 0 Å². The number of aromatic nitrogens is 2. The van der Waals surface area contributed by atoms with E-state index in [1.54, 1.807) is 11.3 Å². The Morgan fingerprint density at radius 2 is 2.35 bits per heavy atom. The van der Waals surface area contributed by atoms with Crippen LogP contribution in [0, 0.1) is 5.92 Å². The van der Waals surface area contributed by atoms with E-state index in [-0.39, 0.29) is 0 Å². The van der Waals surface area contributed by atoms with Gasteiger partial charge in [-0.25, -0.2) is 4.98 Å². The van der Waals surface area contributed by atoms with Crippen LogP contribution in [0.1, 0.15) is 13.8 Å². The van der Waals surface area contributed by atoms with Crippen molar-refractivity contribution in [2.45, 2.75) is 20.4 Å². The summed E-state index contributed by atoms with van der Waals surface area (Å²) in [6.45, 7) is 6.75. The highest BCUT2D eigenvalue weighted by Crippen LogP contribution is 2.22. The summed E-state index contributed by atoms with van der Waals surface area (Å²) < 4.78 is 7.74. The Morgan fingerprint density at radius 1 is 1.47 bits per heavy atom. The number of hydrogen-bond donors (Lipinski definition) is 0. The molecule has 0 atom stereocenters. The maximum Gasteiger partial charge on any atom is 0.150 e. The highest BCUT2D eigenvalue weighted by molar-refractivity contribution is 7.13. The van der Waals surface area contributed by atoms with Crippen molar-refractivity contribution < 1.29 is 4.74 Å². The second-order valence-electron chi connectivity index (χ2n) is 4.39. The molecule has 0 fully saturated rings. The largest absolute Gasteiger partial charge is 0.379 e. The number of thiophene rings is 1. The number of ether oxygens (including phenoxy) is 1. The summed E-state index contributed by atoms with van der Waals surface area (Å²) in [5.74, 6) is 1.63. The number of hydrogen-bond acceptors (Lipinski definition) is 3. The fraction of sp³-hybridized carbons (Fsp3) is 0.462. The Labute approximate surface area is 106 Å². The molecule has 0 aliphatic rings. The maximum atomic E-state index is 5.60. The number of nitrogens with zero attached hydrogens (tertiary/aromatic N) is 2. The topological polar surface area (TPSA) is 27.1 Å². The van der Waals surface area contributed by atoms with Crippen LogP contribution in [-0.2, 0) is 11.3 Å². The van der Waals surface area contributed by atoms with Crippen molar-refractivity contribution in [3.05, 3.63) is 29.9 Å². The summed E-state index contributed by atoms with van der Waals surface area (Å²) in [4.78, 5) is 5.60. The normalized spacial score (nSPS) is 11.2. The molecule has 0 aliphatic carbocycles. The van der Waals surface area contributed by atoms with Crippen LogP contribution in [0.3, 0.4) is 0 Å². The molecule has 2 heterocycles. The molecule has 0 aromatic carbocycles. The van der Waals surface area contributed by atoms with E-state index in [0.29, 0.717) is 5.92 Å². The average Bonchev–Trinajstić information content (AvgIpc) is 2.94. The van der Waals surface area contributed by atoms with E-state index in [2.05, 4.69) is 34.8 Å². The molecule has 3 nitrogen and oxygen atoms in total. The molecule has 0 N–H and O–H groups in total. The molecule has 92 valence electrons. The van der Waals surface area contributed by atoms with E-state index < -0.39 is 0 Å². The van der Waals surface area contributed by atoms with Crippen molar-refractivity contribution in [3.8, 4) is 10.7 Å². The van der Waals surface area contributed by atoms with Gasteiger partial charge in [0.1, 0.15) is 5.82 Å². The first-order valence-electron chi connectivity index (χ1n) is 5.90. The zero-order chi connectivity index (χ0) is 12.1. The fourth-order valence-electron chi connectivity index (χ4n) is 1.60. The monoisotopic (exact) mass is 250 g/mol. The lowest BCUT2D eigenvalue weighted by molar-refractivity contribution is 0.103. The molecule has 0 bridgehead atoms. The molecule has 0 saturated heterocycles. The summed E-state index contributed by atoms with van der Waals surface area (Å²) in [6, 6.07) is 4.15. The van der Waals surface area contributed by atoms with E-state index in [9.17, 15) is 0 Å². The highest BCUT2D eigenvalue weighted by Gasteiger charge is 2.06. The molecule has 2 rings (SSSR count). The molecule has 2 aromatic rings. The second-order valence-corrected chi connectivity index (χ2v) is 5.34. The highest BCUT2D eigenvalue weighted by atomic mass is 32.1. The fourth-order valence-corrected chi connectivity index (χ4v) is 2.34. The van der Waals surface area contributed by atoms with Crippen LogP contribution in [-0.4, -0.2) is 22.8 Å². The Balaban J connectivity index is 1.91. The Kier molecular flexibility index (Phi) is 4.34. The summed E-state index contributed by atoms with van der Waals surface area (Å²) in [6.07, 6.45) is 3.85. The van der Waals surface area contributed by atoms with Crippen LogP contribution in [0.25, 0.3) is 10.7 Å². The molecule has 0 radical (unpaired) electrons. The van der Waals surface area contributed by atoms with Gasteiger partial charge in [0.15, 0.2) is 0 Å². The van der Waals surface area contributed by atoms with Gasteiger partial charge in [0.25, 0.3) is 0 Å². The molecule has 17 heavy (non-hydrogen) atoms. The first kappa shape index (κ1) is 12.3. The standard InChI is InChI=1S/C13H18N2OS/c1-11(2)10-16-8-7-15-6-5-14-13(15)12-4-3-9-17-12/h3-6,9,11H,7-8,10H2,1-2H3. The quantitative estimate of drug-likeness (QED) is 0.736. The average molecular weight is 250 g/mol. The predicted octanol–water partition coefficient (Wildman–Crippen LogP) is 3.28. The molecule has 0 aliphatic heterocycles. The van der Waals surface area contributed by atoms with Gasteiger partial charge in [-0.05, 0) is 17.4 Å². The van der Waals surface area contributed by atoms with Gasteiger partial charge in [-0.1, -0.05) is 19.9 Å². The summed E-state index contributed by atoms with van der Waals surface area (Å²) in [5.41, 5.74) is 0. The van der Waals surface area contributed by atoms with E-state index in [1.165, 1.54) is 4.88 Å². The Bertz CT molecular complexity index is 434.